The Labute approximate surface area is 151 Å². The molecule has 0 rings (SSSR count). The van der Waals surface area contributed by atoms with Crippen molar-refractivity contribution in [1.29, 1.82) is 0 Å². The lowest BCUT2D eigenvalue weighted by molar-refractivity contribution is 0.612. The van der Waals surface area contributed by atoms with Crippen molar-refractivity contribution in [3.8, 4) is 0 Å². The quantitative estimate of drug-likeness (QED) is 0.213. The van der Waals surface area contributed by atoms with Crippen molar-refractivity contribution in [3.05, 3.63) is 24.3 Å². The summed E-state index contributed by atoms with van der Waals surface area (Å²) in [6.07, 6.45) is 25.5. The van der Waals surface area contributed by atoms with E-state index >= 15 is 0 Å². The first-order valence-electron chi connectivity index (χ1n) is 10.00. The standard InChI is InChI=1S/C22H42S/c1-5-6-7-8-9-10-11-12-13-14-15-16-17-18-19-20-21-23-22(2,3)4/h9-10,12-13H,5-8,11,14-21H2,1-4H3/b10-9-,13-12-. The number of unbranched alkanes of at least 4 members (excludes halogenated alkanes) is 9. The third-order valence-electron chi connectivity index (χ3n) is 3.88. The minimum Gasteiger partial charge on any atom is -0.156 e. The van der Waals surface area contributed by atoms with E-state index in [1.807, 2.05) is 0 Å². The van der Waals surface area contributed by atoms with Crippen LogP contribution in [0, 0.1) is 0 Å². The Hall–Kier alpha value is -0.170. The minimum absolute atomic E-state index is 0.441. The maximum atomic E-state index is 2.37. The van der Waals surface area contributed by atoms with Gasteiger partial charge in [-0.25, -0.2) is 0 Å². The molecule has 23 heavy (non-hydrogen) atoms. The molecule has 0 saturated carbocycles. The zero-order valence-electron chi connectivity index (χ0n) is 16.4. The van der Waals surface area contributed by atoms with Gasteiger partial charge in [-0.2, -0.15) is 11.8 Å². The van der Waals surface area contributed by atoms with Crippen molar-refractivity contribution in [3.63, 3.8) is 0 Å². The third kappa shape index (κ3) is 21.8. The van der Waals surface area contributed by atoms with Crippen LogP contribution in [0.1, 0.15) is 105 Å². The van der Waals surface area contributed by atoms with Crippen molar-refractivity contribution >= 4 is 11.8 Å². The van der Waals surface area contributed by atoms with Crippen molar-refractivity contribution in [2.24, 2.45) is 0 Å². The number of hydrogen-bond donors (Lipinski definition) is 0. The molecule has 0 radical (unpaired) electrons. The molecule has 1 heteroatoms. The van der Waals surface area contributed by atoms with E-state index in [1.54, 1.807) is 0 Å². The average Bonchev–Trinajstić information content (AvgIpc) is 2.49. The zero-order valence-corrected chi connectivity index (χ0v) is 17.2. The molecule has 0 aromatic carbocycles. The van der Waals surface area contributed by atoms with Crippen molar-refractivity contribution < 1.29 is 0 Å². The van der Waals surface area contributed by atoms with Gasteiger partial charge in [-0.3, -0.25) is 0 Å². The average molecular weight is 339 g/mol. The molecule has 0 spiro atoms. The predicted molar refractivity (Wildman–Crippen MR) is 112 cm³/mol. The second kappa shape index (κ2) is 16.7. The fourth-order valence-corrected chi connectivity index (χ4v) is 3.43. The number of allylic oxidation sites excluding steroid dienone is 4. The Morgan fingerprint density at radius 1 is 0.652 bits per heavy atom. The summed E-state index contributed by atoms with van der Waals surface area (Å²) in [5, 5.41) is 0. The largest absolute Gasteiger partial charge is 0.156 e. The number of rotatable bonds is 15. The van der Waals surface area contributed by atoms with Crippen LogP contribution in [0.3, 0.4) is 0 Å². The molecule has 136 valence electrons. The van der Waals surface area contributed by atoms with Crippen LogP contribution in [0.25, 0.3) is 0 Å². The van der Waals surface area contributed by atoms with E-state index in [2.05, 4.69) is 63.8 Å². The van der Waals surface area contributed by atoms with Crippen LogP contribution in [-0.2, 0) is 0 Å². The molecule has 0 nitrogen and oxygen atoms in total. The zero-order chi connectivity index (χ0) is 17.2. The summed E-state index contributed by atoms with van der Waals surface area (Å²) in [7, 11) is 0. The lowest BCUT2D eigenvalue weighted by Crippen LogP contribution is -2.08. The van der Waals surface area contributed by atoms with Gasteiger partial charge in [0.2, 0.25) is 0 Å². The van der Waals surface area contributed by atoms with Gasteiger partial charge in [0.05, 0.1) is 0 Å². The summed E-state index contributed by atoms with van der Waals surface area (Å²) in [5.74, 6) is 1.33. The van der Waals surface area contributed by atoms with Gasteiger partial charge in [0.15, 0.2) is 0 Å². The molecule has 0 atom stereocenters. The van der Waals surface area contributed by atoms with Gasteiger partial charge in [0.1, 0.15) is 0 Å². The first-order chi connectivity index (χ1) is 11.1. The fraction of sp³-hybridized carbons (Fsp3) is 0.818. The monoisotopic (exact) mass is 338 g/mol. The summed E-state index contributed by atoms with van der Waals surface area (Å²) in [6, 6.07) is 0. The lowest BCUT2D eigenvalue weighted by Gasteiger charge is -2.17. The van der Waals surface area contributed by atoms with Crippen LogP contribution < -0.4 is 0 Å². The highest BCUT2D eigenvalue weighted by Crippen LogP contribution is 2.24. The summed E-state index contributed by atoms with van der Waals surface area (Å²) in [4.78, 5) is 0. The van der Waals surface area contributed by atoms with E-state index in [9.17, 15) is 0 Å². The summed E-state index contributed by atoms with van der Waals surface area (Å²) in [5.41, 5.74) is 0. The predicted octanol–water partition coefficient (Wildman–Crippen LogP) is 8.33. The molecule has 0 heterocycles. The van der Waals surface area contributed by atoms with Gasteiger partial charge in [-0.05, 0) is 44.3 Å². The molecule has 0 amide bonds. The van der Waals surface area contributed by atoms with Crippen LogP contribution in [-0.4, -0.2) is 10.5 Å². The van der Waals surface area contributed by atoms with Gasteiger partial charge in [0.25, 0.3) is 0 Å². The maximum Gasteiger partial charge on any atom is 0.00750 e. The van der Waals surface area contributed by atoms with E-state index in [0.717, 1.165) is 6.42 Å². The molecule has 0 aliphatic rings. The van der Waals surface area contributed by atoms with Gasteiger partial charge >= 0.3 is 0 Å². The Balaban J connectivity index is 3.19. The van der Waals surface area contributed by atoms with E-state index in [1.165, 1.54) is 76.4 Å². The topological polar surface area (TPSA) is 0 Å². The molecular formula is C22H42S. The minimum atomic E-state index is 0.441. The lowest BCUT2D eigenvalue weighted by atomic mass is 10.1. The molecule has 0 aromatic rings. The second-order valence-electron chi connectivity index (χ2n) is 7.55. The molecule has 0 fully saturated rings. The maximum absolute atomic E-state index is 2.37. The SMILES string of the molecule is CCCCC/C=C\C/C=C\CCCCCCCCSC(C)(C)C. The van der Waals surface area contributed by atoms with Gasteiger partial charge < -0.3 is 0 Å². The Bertz CT molecular complexity index is 283. The smallest absolute Gasteiger partial charge is 0.00750 e. The highest BCUT2D eigenvalue weighted by Gasteiger charge is 2.08. The molecule has 0 bridgehead atoms. The number of thioether (sulfide) groups is 1. The summed E-state index contributed by atoms with van der Waals surface area (Å²) in [6.45, 7) is 9.20. The van der Waals surface area contributed by atoms with Crippen LogP contribution in [0.2, 0.25) is 0 Å². The van der Waals surface area contributed by atoms with Gasteiger partial charge in [-0.1, -0.05) is 90.5 Å². The molecule has 0 aliphatic heterocycles. The van der Waals surface area contributed by atoms with Crippen LogP contribution in [0.15, 0.2) is 24.3 Å². The van der Waals surface area contributed by atoms with Gasteiger partial charge in [-0.15, -0.1) is 0 Å². The molecule has 0 unspecified atom stereocenters. The summed E-state index contributed by atoms with van der Waals surface area (Å²) >= 11 is 2.11. The molecule has 0 N–H and O–H groups in total. The Morgan fingerprint density at radius 2 is 1.17 bits per heavy atom. The first-order valence-corrected chi connectivity index (χ1v) is 11.0. The molecular weight excluding hydrogens is 296 g/mol. The Kier molecular flexibility index (Phi) is 16.6. The second-order valence-corrected chi connectivity index (χ2v) is 9.47. The number of hydrogen-bond acceptors (Lipinski definition) is 1. The van der Waals surface area contributed by atoms with E-state index in [-0.39, 0.29) is 0 Å². The van der Waals surface area contributed by atoms with E-state index < -0.39 is 0 Å². The van der Waals surface area contributed by atoms with Crippen molar-refractivity contribution in [1.82, 2.24) is 0 Å². The first kappa shape index (κ1) is 22.8. The summed E-state index contributed by atoms with van der Waals surface area (Å²) < 4.78 is 0.441. The normalized spacial score (nSPS) is 12.7. The molecule has 0 aromatic heterocycles. The van der Waals surface area contributed by atoms with Crippen molar-refractivity contribution in [2.75, 3.05) is 5.75 Å². The van der Waals surface area contributed by atoms with Crippen LogP contribution in [0.5, 0.6) is 0 Å². The highest BCUT2D eigenvalue weighted by molar-refractivity contribution is 8.00. The van der Waals surface area contributed by atoms with Crippen LogP contribution in [0.4, 0.5) is 0 Å². The van der Waals surface area contributed by atoms with Crippen molar-refractivity contribution in [2.45, 2.75) is 109 Å². The van der Waals surface area contributed by atoms with Gasteiger partial charge in [0, 0.05) is 4.75 Å². The Morgan fingerprint density at radius 3 is 1.74 bits per heavy atom. The third-order valence-corrected chi connectivity index (χ3v) is 5.24. The molecule has 0 aliphatic carbocycles. The van der Waals surface area contributed by atoms with Crippen LogP contribution >= 0.6 is 11.8 Å². The molecule has 0 saturated heterocycles. The van der Waals surface area contributed by atoms with E-state index in [0.29, 0.717) is 4.75 Å². The van der Waals surface area contributed by atoms with E-state index in [4.69, 9.17) is 0 Å². The fourth-order valence-electron chi connectivity index (χ4n) is 2.47. The highest BCUT2D eigenvalue weighted by atomic mass is 32.2.